The summed E-state index contributed by atoms with van der Waals surface area (Å²) in [6, 6.07) is 0.222. The number of unbranched alkanes of at least 4 members (excludes halogenated alkanes) is 21. The highest BCUT2D eigenvalue weighted by Crippen LogP contribution is 2.25. The van der Waals surface area contributed by atoms with E-state index in [1.54, 1.807) is 6.26 Å². The molecule has 0 aromatic rings. The summed E-state index contributed by atoms with van der Waals surface area (Å²) in [7, 11) is 0. The lowest BCUT2D eigenvalue weighted by molar-refractivity contribution is -0.138. The van der Waals surface area contributed by atoms with Crippen LogP contribution in [0.5, 0.6) is 0 Å². The molecule has 0 heterocycles. The molecule has 0 aromatic heterocycles. The molecule has 0 aromatic carbocycles. The number of ether oxygens (including phenoxy) is 2. The Kier molecular flexibility index (Phi) is 41.4. The molecule has 6 heteroatoms. The molecule has 0 aliphatic heterocycles. The molecule has 0 radical (unpaired) electrons. The van der Waals surface area contributed by atoms with Gasteiger partial charge < -0.3 is 24.8 Å². The topological polar surface area (TPSA) is 82.4 Å². The lowest BCUT2D eigenvalue weighted by atomic mass is 9.93. The van der Waals surface area contributed by atoms with E-state index in [9.17, 15) is 15.3 Å². The van der Waals surface area contributed by atoms with Gasteiger partial charge in [0.2, 0.25) is 0 Å². The third-order valence-corrected chi connectivity index (χ3v) is 11.7. The average molecular weight is 768 g/mol. The standard InChI is InChI=1S/C48H97NO5/c1-6-11-15-19-21-29-37-44(35-27-17-13-8-3)47(51)53-41-33-25-23-31-39-49(46(10-5)43-50)40-32-24-26-34-42-54-48(52)45(36-28-18-14-9-4)38-30-22-20-16-12-7-2/h33,41,44-48,50-52H,6-32,34-40,42-43H2,1-5H3/b41-33-. The lowest BCUT2D eigenvalue weighted by Crippen LogP contribution is -2.39. The van der Waals surface area contributed by atoms with Crippen molar-refractivity contribution in [2.24, 2.45) is 11.8 Å². The first kappa shape index (κ1) is 53.3. The van der Waals surface area contributed by atoms with Gasteiger partial charge in [0, 0.05) is 24.5 Å². The molecule has 54 heavy (non-hydrogen) atoms. The van der Waals surface area contributed by atoms with E-state index in [0.717, 1.165) is 90.1 Å². The van der Waals surface area contributed by atoms with E-state index >= 15 is 0 Å². The van der Waals surface area contributed by atoms with Gasteiger partial charge in [0.25, 0.3) is 0 Å². The van der Waals surface area contributed by atoms with E-state index < -0.39 is 12.6 Å². The van der Waals surface area contributed by atoms with Crippen LogP contribution in [0.2, 0.25) is 0 Å². The van der Waals surface area contributed by atoms with Crippen molar-refractivity contribution in [1.29, 1.82) is 0 Å². The van der Waals surface area contributed by atoms with E-state index in [0.29, 0.717) is 6.61 Å². The van der Waals surface area contributed by atoms with Crippen molar-refractivity contribution in [1.82, 2.24) is 4.90 Å². The summed E-state index contributed by atoms with van der Waals surface area (Å²) in [5.74, 6) is 0.504. The maximum atomic E-state index is 10.9. The number of aliphatic hydroxyl groups is 3. The third-order valence-electron chi connectivity index (χ3n) is 11.7. The normalized spacial score (nSPS) is 14.9. The van der Waals surface area contributed by atoms with Crippen LogP contribution in [0.4, 0.5) is 0 Å². The van der Waals surface area contributed by atoms with Crippen molar-refractivity contribution in [2.75, 3.05) is 26.3 Å². The predicted octanol–water partition coefficient (Wildman–Crippen LogP) is 13.6. The zero-order chi connectivity index (χ0) is 39.7. The van der Waals surface area contributed by atoms with E-state index in [1.807, 2.05) is 0 Å². The minimum atomic E-state index is -0.701. The summed E-state index contributed by atoms with van der Waals surface area (Å²) in [6.45, 7) is 14.1. The second-order valence-corrected chi connectivity index (χ2v) is 16.7. The fraction of sp³-hybridized carbons (Fsp3) is 0.958. The van der Waals surface area contributed by atoms with Crippen LogP contribution in [-0.4, -0.2) is 65.1 Å². The minimum Gasteiger partial charge on any atom is -0.473 e. The second kappa shape index (κ2) is 42.0. The molecule has 0 rings (SSSR count). The molecule has 3 N–H and O–H groups in total. The first-order valence-electron chi connectivity index (χ1n) is 24.1. The first-order chi connectivity index (χ1) is 26.5. The van der Waals surface area contributed by atoms with Gasteiger partial charge >= 0.3 is 0 Å². The molecular weight excluding hydrogens is 671 g/mol. The number of hydrogen-bond acceptors (Lipinski definition) is 6. The van der Waals surface area contributed by atoms with Crippen LogP contribution in [0.25, 0.3) is 0 Å². The smallest absolute Gasteiger partial charge is 0.199 e. The fourth-order valence-corrected chi connectivity index (χ4v) is 7.88. The van der Waals surface area contributed by atoms with Crippen molar-refractivity contribution in [3.8, 4) is 0 Å². The fourth-order valence-electron chi connectivity index (χ4n) is 7.88. The molecular formula is C48H97NO5. The van der Waals surface area contributed by atoms with Gasteiger partial charge in [0.1, 0.15) is 0 Å². The van der Waals surface area contributed by atoms with Crippen LogP contribution < -0.4 is 0 Å². The zero-order valence-electron chi connectivity index (χ0n) is 37.1. The van der Waals surface area contributed by atoms with Crippen molar-refractivity contribution in [2.45, 2.75) is 259 Å². The quantitative estimate of drug-likeness (QED) is 0.0325. The highest BCUT2D eigenvalue weighted by molar-refractivity contribution is 4.77. The van der Waals surface area contributed by atoms with E-state index in [1.165, 1.54) is 128 Å². The number of aliphatic hydroxyl groups excluding tert-OH is 3. The summed E-state index contributed by atoms with van der Waals surface area (Å²) in [5, 5.41) is 31.9. The Morgan fingerprint density at radius 2 is 0.889 bits per heavy atom. The molecule has 324 valence electrons. The molecule has 5 unspecified atom stereocenters. The largest absolute Gasteiger partial charge is 0.473 e. The van der Waals surface area contributed by atoms with Crippen LogP contribution >= 0.6 is 0 Å². The number of nitrogens with zero attached hydrogens (tertiary/aromatic N) is 1. The van der Waals surface area contributed by atoms with Crippen molar-refractivity contribution >= 4 is 0 Å². The van der Waals surface area contributed by atoms with Crippen molar-refractivity contribution in [3.63, 3.8) is 0 Å². The Morgan fingerprint density at radius 3 is 1.37 bits per heavy atom. The number of rotatable bonds is 44. The van der Waals surface area contributed by atoms with Gasteiger partial charge in [-0.15, -0.1) is 0 Å². The Balaban J connectivity index is 4.49. The Hall–Kier alpha value is -0.660. The summed E-state index contributed by atoms with van der Waals surface area (Å²) < 4.78 is 11.9. The van der Waals surface area contributed by atoms with Crippen molar-refractivity contribution in [3.05, 3.63) is 12.3 Å². The Bertz CT molecular complexity index is 747. The van der Waals surface area contributed by atoms with E-state index in [2.05, 4.69) is 45.6 Å². The second-order valence-electron chi connectivity index (χ2n) is 16.7. The zero-order valence-corrected chi connectivity index (χ0v) is 37.1. The van der Waals surface area contributed by atoms with Crippen LogP contribution in [0.15, 0.2) is 12.3 Å². The van der Waals surface area contributed by atoms with E-state index in [-0.39, 0.29) is 24.5 Å². The molecule has 0 fully saturated rings. The molecule has 0 aliphatic rings. The van der Waals surface area contributed by atoms with Crippen LogP contribution in [0.3, 0.4) is 0 Å². The summed E-state index contributed by atoms with van der Waals surface area (Å²) in [4.78, 5) is 2.49. The molecule has 0 spiro atoms. The summed E-state index contributed by atoms with van der Waals surface area (Å²) >= 11 is 0. The predicted molar refractivity (Wildman–Crippen MR) is 234 cm³/mol. The van der Waals surface area contributed by atoms with Gasteiger partial charge in [-0.25, -0.2) is 0 Å². The van der Waals surface area contributed by atoms with Gasteiger partial charge in [-0.2, -0.15) is 0 Å². The van der Waals surface area contributed by atoms with Gasteiger partial charge in [-0.3, -0.25) is 4.90 Å². The third kappa shape index (κ3) is 32.4. The maximum Gasteiger partial charge on any atom is 0.199 e. The molecule has 5 atom stereocenters. The highest BCUT2D eigenvalue weighted by atomic mass is 16.6. The van der Waals surface area contributed by atoms with Gasteiger partial charge in [0.15, 0.2) is 12.6 Å². The number of allylic oxidation sites excluding steroid dienone is 1. The molecule has 0 amide bonds. The summed E-state index contributed by atoms with van der Waals surface area (Å²) in [6.07, 6.45) is 40.7. The van der Waals surface area contributed by atoms with Gasteiger partial charge in [0.05, 0.1) is 12.9 Å². The maximum absolute atomic E-state index is 10.9. The number of hydrogen-bond donors (Lipinski definition) is 3. The van der Waals surface area contributed by atoms with Crippen molar-refractivity contribution < 1.29 is 24.8 Å². The molecule has 0 aliphatic carbocycles. The van der Waals surface area contributed by atoms with Gasteiger partial charge in [-0.05, 0) is 83.4 Å². The Morgan fingerprint density at radius 1 is 0.481 bits per heavy atom. The highest BCUT2D eigenvalue weighted by Gasteiger charge is 2.20. The molecule has 0 bridgehead atoms. The molecule has 0 saturated heterocycles. The van der Waals surface area contributed by atoms with Gasteiger partial charge in [-0.1, -0.05) is 176 Å². The van der Waals surface area contributed by atoms with E-state index in [4.69, 9.17) is 9.47 Å². The monoisotopic (exact) mass is 768 g/mol. The Labute approximate surface area is 338 Å². The van der Waals surface area contributed by atoms with Crippen LogP contribution in [-0.2, 0) is 9.47 Å². The average Bonchev–Trinajstić information content (AvgIpc) is 3.18. The summed E-state index contributed by atoms with van der Waals surface area (Å²) in [5.41, 5.74) is 0. The molecule has 6 nitrogen and oxygen atoms in total. The lowest BCUT2D eigenvalue weighted by Gasteiger charge is -2.30. The molecule has 0 saturated carbocycles. The van der Waals surface area contributed by atoms with Crippen LogP contribution in [0.1, 0.15) is 240 Å². The SMILES string of the molecule is CCCCCCCCC(CCCCCC)C(O)O/C=C\CCCCN(CCCCCCOC(O)C(CCCCCC)CCCCCCCC)C(CC)CO. The first-order valence-corrected chi connectivity index (χ1v) is 24.1. The minimum absolute atomic E-state index is 0.213. The van der Waals surface area contributed by atoms with Crippen LogP contribution in [0, 0.1) is 11.8 Å².